The van der Waals surface area contributed by atoms with Crippen LogP contribution in [0.25, 0.3) is 10.9 Å². The van der Waals surface area contributed by atoms with Crippen molar-refractivity contribution < 1.29 is 32.0 Å². The highest BCUT2D eigenvalue weighted by Crippen LogP contribution is 2.27. The van der Waals surface area contributed by atoms with Crippen molar-refractivity contribution in [3.63, 3.8) is 0 Å². The minimum absolute atomic E-state index is 0.0236. The summed E-state index contributed by atoms with van der Waals surface area (Å²) in [7, 11) is 0. The maximum absolute atomic E-state index is 13.6. The number of halogens is 4. The van der Waals surface area contributed by atoms with Crippen molar-refractivity contribution >= 4 is 22.8 Å². The summed E-state index contributed by atoms with van der Waals surface area (Å²) in [6.45, 7) is 0.129. The molecule has 7 nitrogen and oxygen atoms in total. The number of amides is 1. The second-order valence-corrected chi connectivity index (χ2v) is 5.93. The third kappa shape index (κ3) is 3.62. The van der Waals surface area contributed by atoms with Crippen LogP contribution < -0.4 is 5.73 Å². The van der Waals surface area contributed by atoms with Gasteiger partial charge in [0.15, 0.2) is 0 Å². The molecule has 0 aliphatic carbocycles. The topological polar surface area (TPSA) is 90.5 Å². The van der Waals surface area contributed by atoms with Crippen LogP contribution in [0.15, 0.2) is 18.3 Å². The third-order valence-electron chi connectivity index (χ3n) is 4.03. The Morgan fingerprint density at radius 3 is 2.69 bits per heavy atom. The zero-order chi connectivity index (χ0) is 19.1. The Balaban J connectivity index is 1.83. The molecule has 0 bridgehead atoms. The molecule has 11 heteroatoms. The van der Waals surface area contributed by atoms with E-state index in [1.54, 1.807) is 0 Å². The lowest BCUT2D eigenvalue weighted by molar-refractivity contribution is -0.243. The van der Waals surface area contributed by atoms with Gasteiger partial charge in [-0.2, -0.15) is 18.3 Å². The van der Waals surface area contributed by atoms with E-state index in [-0.39, 0.29) is 24.2 Å². The fourth-order valence-electron chi connectivity index (χ4n) is 2.88. The molecule has 1 amide bonds. The number of hydroxylamine groups is 2. The number of benzene rings is 1. The summed E-state index contributed by atoms with van der Waals surface area (Å²) >= 11 is 0. The molecule has 1 unspecified atom stereocenters. The SMILES string of the molecule is NC(=O)c1cc(F)cc2cn(C3CCCN(OC(=O)C(F)(F)F)C3)nc12. The number of piperidine rings is 1. The van der Waals surface area contributed by atoms with Crippen LogP contribution in [-0.4, -0.2) is 46.0 Å². The van der Waals surface area contributed by atoms with Gasteiger partial charge in [0.05, 0.1) is 18.2 Å². The molecule has 2 heterocycles. The standard InChI is InChI=1S/C15H14F4N4O3/c16-9-4-8-6-23(21-12(8)11(5-9)13(20)24)10-2-1-3-22(7-10)26-14(25)15(17,18)19/h4-6,10H,1-3,7H2,(H2,20,24). The van der Waals surface area contributed by atoms with Crippen LogP contribution in [0.1, 0.15) is 29.2 Å². The van der Waals surface area contributed by atoms with Crippen molar-refractivity contribution in [2.24, 2.45) is 5.73 Å². The first-order chi connectivity index (χ1) is 12.1. The molecular formula is C15H14F4N4O3. The van der Waals surface area contributed by atoms with Gasteiger partial charge in [0, 0.05) is 18.1 Å². The highest BCUT2D eigenvalue weighted by Gasteiger charge is 2.43. The van der Waals surface area contributed by atoms with E-state index in [1.807, 2.05) is 0 Å². The molecule has 1 aromatic heterocycles. The van der Waals surface area contributed by atoms with Crippen LogP contribution in [0, 0.1) is 5.82 Å². The van der Waals surface area contributed by atoms with Crippen molar-refractivity contribution in [3.8, 4) is 0 Å². The molecule has 1 aliphatic rings. The Hall–Kier alpha value is -2.69. The lowest BCUT2D eigenvalue weighted by Crippen LogP contribution is -2.41. The average Bonchev–Trinajstić information content (AvgIpc) is 2.97. The molecule has 3 rings (SSSR count). The normalized spacial score (nSPS) is 18.8. The Kier molecular flexibility index (Phi) is 4.57. The van der Waals surface area contributed by atoms with Crippen LogP contribution in [0.2, 0.25) is 0 Å². The molecule has 0 spiro atoms. The van der Waals surface area contributed by atoms with E-state index in [0.29, 0.717) is 18.2 Å². The lowest BCUT2D eigenvalue weighted by Gasteiger charge is -2.31. The maximum Gasteiger partial charge on any atom is 0.492 e. The second-order valence-electron chi connectivity index (χ2n) is 5.93. The number of carbonyl (C=O) groups is 2. The summed E-state index contributed by atoms with van der Waals surface area (Å²) in [6, 6.07) is 1.73. The van der Waals surface area contributed by atoms with Crippen LogP contribution in [0.3, 0.4) is 0 Å². The van der Waals surface area contributed by atoms with E-state index in [1.165, 1.54) is 16.9 Å². The zero-order valence-corrected chi connectivity index (χ0v) is 13.3. The monoisotopic (exact) mass is 374 g/mol. The van der Waals surface area contributed by atoms with Crippen molar-refractivity contribution in [2.75, 3.05) is 13.1 Å². The maximum atomic E-state index is 13.6. The highest BCUT2D eigenvalue weighted by atomic mass is 19.4. The Morgan fingerprint density at radius 1 is 1.31 bits per heavy atom. The highest BCUT2D eigenvalue weighted by molar-refractivity contribution is 6.04. The molecule has 1 aromatic carbocycles. The van der Waals surface area contributed by atoms with Gasteiger partial charge in [-0.05, 0) is 25.0 Å². The predicted molar refractivity (Wildman–Crippen MR) is 80.2 cm³/mol. The first-order valence-electron chi connectivity index (χ1n) is 7.67. The van der Waals surface area contributed by atoms with E-state index in [4.69, 9.17) is 5.73 Å². The summed E-state index contributed by atoms with van der Waals surface area (Å²) in [5.74, 6) is -3.79. The number of nitrogens with two attached hydrogens (primary N) is 1. The molecule has 0 radical (unpaired) electrons. The molecule has 2 N–H and O–H groups in total. The number of hydrogen-bond donors (Lipinski definition) is 1. The van der Waals surface area contributed by atoms with Crippen molar-refractivity contribution in [3.05, 3.63) is 29.7 Å². The van der Waals surface area contributed by atoms with Gasteiger partial charge in [0.25, 0.3) is 5.91 Å². The van der Waals surface area contributed by atoms with Crippen molar-refractivity contribution in [1.82, 2.24) is 14.8 Å². The first-order valence-corrected chi connectivity index (χ1v) is 7.67. The van der Waals surface area contributed by atoms with Crippen LogP contribution in [-0.2, 0) is 9.63 Å². The summed E-state index contributed by atoms with van der Waals surface area (Å²) in [6.07, 6.45) is -2.59. The Labute approximate surface area is 144 Å². The minimum Gasteiger partial charge on any atom is -0.366 e. The number of rotatable bonds is 3. The van der Waals surface area contributed by atoms with Gasteiger partial charge in [0.1, 0.15) is 11.3 Å². The smallest absolute Gasteiger partial charge is 0.366 e. The van der Waals surface area contributed by atoms with Gasteiger partial charge >= 0.3 is 12.1 Å². The molecule has 1 atom stereocenters. The average molecular weight is 374 g/mol. The second kappa shape index (κ2) is 6.56. The number of aromatic nitrogens is 2. The Morgan fingerprint density at radius 2 is 2.04 bits per heavy atom. The van der Waals surface area contributed by atoms with Crippen LogP contribution in [0.5, 0.6) is 0 Å². The van der Waals surface area contributed by atoms with Gasteiger partial charge in [-0.3, -0.25) is 9.48 Å². The third-order valence-corrected chi connectivity index (χ3v) is 4.03. The summed E-state index contributed by atoms with van der Waals surface area (Å²) in [5, 5.41) is 5.48. The van der Waals surface area contributed by atoms with Crippen molar-refractivity contribution in [1.29, 1.82) is 0 Å². The quantitative estimate of drug-likeness (QED) is 0.829. The lowest BCUT2D eigenvalue weighted by atomic mass is 10.1. The van der Waals surface area contributed by atoms with Crippen molar-refractivity contribution in [2.45, 2.75) is 25.1 Å². The predicted octanol–water partition coefficient (Wildman–Crippen LogP) is 1.93. The van der Waals surface area contributed by atoms with Gasteiger partial charge < -0.3 is 10.6 Å². The number of fused-ring (bicyclic) bond motifs is 1. The number of carbonyl (C=O) groups excluding carboxylic acids is 2. The summed E-state index contributed by atoms with van der Waals surface area (Å²) in [5.41, 5.74) is 5.34. The molecular weight excluding hydrogens is 360 g/mol. The van der Waals surface area contributed by atoms with Gasteiger partial charge in [-0.15, -0.1) is 5.06 Å². The number of primary amides is 1. The number of alkyl halides is 3. The van der Waals surface area contributed by atoms with E-state index in [9.17, 15) is 27.2 Å². The van der Waals surface area contributed by atoms with Gasteiger partial charge in [-0.1, -0.05) is 0 Å². The summed E-state index contributed by atoms with van der Waals surface area (Å²) in [4.78, 5) is 26.8. The van der Waals surface area contributed by atoms with Crippen LogP contribution >= 0.6 is 0 Å². The molecule has 1 fully saturated rings. The summed E-state index contributed by atoms with van der Waals surface area (Å²) < 4.78 is 52.0. The zero-order valence-electron chi connectivity index (χ0n) is 13.3. The fourth-order valence-corrected chi connectivity index (χ4v) is 2.88. The van der Waals surface area contributed by atoms with Crippen LogP contribution in [0.4, 0.5) is 17.6 Å². The molecule has 0 saturated carbocycles. The van der Waals surface area contributed by atoms with Gasteiger partial charge in [-0.25, -0.2) is 9.18 Å². The number of hydrogen-bond acceptors (Lipinski definition) is 5. The largest absolute Gasteiger partial charge is 0.492 e. The molecule has 26 heavy (non-hydrogen) atoms. The Bertz CT molecular complexity index is 864. The molecule has 140 valence electrons. The minimum atomic E-state index is -5.08. The van der Waals surface area contributed by atoms with E-state index >= 15 is 0 Å². The molecule has 1 saturated heterocycles. The van der Waals surface area contributed by atoms with E-state index in [2.05, 4.69) is 9.94 Å². The van der Waals surface area contributed by atoms with Gasteiger partial charge in [0.2, 0.25) is 0 Å². The fraction of sp³-hybridized carbons (Fsp3) is 0.400. The first kappa shape index (κ1) is 18.1. The molecule has 1 aliphatic heterocycles. The van der Waals surface area contributed by atoms with E-state index in [0.717, 1.165) is 11.1 Å². The van der Waals surface area contributed by atoms with E-state index < -0.39 is 29.9 Å². The molecule has 2 aromatic rings. The number of nitrogens with zero attached hydrogens (tertiary/aromatic N) is 3.